The summed E-state index contributed by atoms with van der Waals surface area (Å²) in [4.78, 5) is 16.9. The number of nitrogens with one attached hydrogen (secondary N) is 1. The Labute approximate surface area is 194 Å². The molecule has 0 unspecified atom stereocenters. The number of carbonyl (C=O) groups is 1. The quantitative estimate of drug-likeness (QED) is 0.387. The minimum absolute atomic E-state index is 0.0347. The lowest BCUT2D eigenvalue weighted by molar-refractivity contribution is -0.174. The zero-order chi connectivity index (χ0) is 24.6. The Morgan fingerprint density at radius 2 is 1.68 bits per heavy atom. The summed E-state index contributed by atoms with van der Waals surface area (Å²) in [7, 11) is 0. The predicted molar refractivity (Wildman–Crippen MR) is 117 cm³/mol. The number of hydrogen-bond donors (Lipinski definition) is 1. The SMILES string of the molecule is O=C(c1ccccc1Nc1ccc(OC(F)F)cc1)N1CCN(CCCOCC(F)(F)F)CC1. The molecular formula is C23H26F5N3O3. The normalized spacial score (nSPS) is 14.9. The van der Waals surface area contributed by atoms with Gasteiger partial charge in [-0.25, -0.2) is 0 Å². The van der Waals surface area contributed by atoms with Crippen molar-refractivity contribution in [3.8, 4) is 5.75 Å². The molecule has 0 spiro atoms. The van der Waals surface area contributed by atoms with Crippen LogP contribution in [0.4, 0.5) is 33.3 Å². The summed E-state index contributed by atoms with van der Waals surface area (Å²) < 4.78 is 69.9. The monoisotopic (exact) mass is 487 g/mol. The number of piperazine rings is 1. The summed E-state index contributed by atoms with van der Waals surface area (Å²) in [6.07, 6.45) is -3.83. The first kappa shape index (κ1) is 25.7. The van der Waals surface area contributed by atoms with Gasteiger partial charge in [-0.3, -0.25) is 9.69 Å². The average Bonchev–Trinajstić information content (AvgIpc) is 2.79. The number of amides is 1. The Morgan fingerprint density at radius 3 is 2.32 bits per heavy atom. The van der Waals surface area contributed by atoms with E-state index in [4.69, 9.17) is 0 Å². The van der Waals surface area contributed by atoms with E-state index < -0.39 is 19.4 Å². The maximum absolute atomic E-state index is 13.1. The molecule has 1 aliphatic heterocycles. The Balaban J connectivity index is 1.50. The van der Waals surface area contributed by atoms with Crippen molar-refractivity contribution in [1.82, 2.24) is 9.80 Å². The van der Waals surface area contributed by atoms with E-state index in [1.54, 1.807) is 41.3 Å². The highest BCUT2D eigenvalue weighted by atomic mass is 19.4. The minimum atomic E-state index is -4.32. The van der Waals surface area contributed by atoms with Crippen molar-refractivity contribution in [2.45, 2.75) is 19.2 Å². The van der Waals surface area contributed by atoms with Crippen LogP contribution in [0, 0.1) is 0 Å². The molecule has 2 aromatic rings. The number of halogens is 5. The molecule has 0 saturated carbocycles. The third kappa shape index (κ3) is 8.14. The number of hydrogen-bond acceptors (Lipinski definition) is 5. The molecule has 0 aromatic heterocycles. The highest BCUT2D eigenvalue weighted by Crippen LogP contribution is 2.25. The maximum atomic E-state index is 13.1. The van der Waals surface area contributed by atoms with Gasteiger partial charge in [-0.1, -0.05) is 12.1 Å². The average molecular weight is 487 g/mol. The van der Waals surface area contributed by atoms with Gasteiger partial charge >= 0.3 is 12.8 Å². The third-order valence-electron chi connectivity index (χ3n) is 5.20. The van der Waals surface area contributed by atoms with Crippen LogP contribution in [0.1, 0.15) is 16.8 Å². The van der Waals surface area contributed by atoms with E-state index in [1.807, 2.05) is 0 Å². The lowest BCUT2D eigenvalue weighted by Gasteiger charge is -2.35. The fourth-order valence-electron chi connectivity index (χ4n) is 3.58. The van der Waals surface area contributed by atoms with E-state index in [9.17, 15) is 26.7 Å². The van der Waals surface area contributed by atoms with Crippen molar-refractivity contribution in [2.24, 2.45) is 0 Å². The number of para-hydroxylation sites is 1. The smallest absolute Gasteiger partial charge is 0.411 e. The van der Waals surface area contributed by atoms with E-state index >= 15 is 0 Å². The molecule has 1 fully saturated rings. The van der Waals surface area contributed by atoms with Crippen molar-refractivity contribution in [3.63, 3.8) is 0 Å². The van der Waals surface area contributed by atoms with Gasteiger partial charge in [0.15, 0.2) is 0 Å². The summed E-state index contributed by atoms with van der Waals surface area (Å²) in [5, 5.41) is 3.14. The van der Waals surface area contributed by atoms with Gasteiger partial charge in [-0.05, 0) is 42.8 Å². The van der Waals surface area contributed by atoms with Gasteiger partial charge in [0.2, 0.25) is 0 Å². The van der Waals surface area contributed by atoms with E-state index in [0.717, 1.165) is 0 Å². The Kier molecular flexibility index (Phi) is 9.05. The van der Waals surface area contributed by atoms with Crippen LogP contribution >= 0.6 is 0 Å². The molecule has 1 N–H and O–H groups in total. The molecule has 0 bridgehead atoms. The first-order chi connectivity index (χ1) is 16.2. The minimum Gasteiger partial charge on any atom is -0.435 e. The molecule has 2 aromatic carbocycles. The van der Waals surface area contributed by atoms with Gasteiger partial charge in [0.05, 0.1) is 11.3 Å². The van der Waals surface area contributed by atoms with Gasteiger partial charge in [-0.15, -0.1) is 0 Å². The van der Waals surface area contributed by atoms with E-state index in [-0.39, 0.29) is 18.3 Å². The van der Waals surface area contributed by atoms with Crippen LogP contribution in [0.3, 0.4) is 0 Å². The standard InChI is InChI=1S/C23H26F5N3O3/c24-22(25)34-18-8-6-17(7-9-18)29-20-5-2-1-4-19(20)21(32)31-13-11-30(12-14-31)10-3-15-33-16-23(26,27)28/h1-2,4-9,22,29H,3,10-16H2. The second-order valence-electron chi connectivity index (χ2n) is 7.73. The molecule has 6 nitrogen and oxygen atoms in total. The fraction of sp³-hybridized carbons (Fsp3) is 0.435. The lowest BCUT2D eigenvalue weighted by atomic mass is 10.1. The van der Waals surface area contributed by atoms with Crippen molar-refractivity contribution in [1.29, 1.82) is 0 Å². The number of alkyl halides is 5. The molecule has 1 amide bonds. The largest absolute Gasteiger partial charge is 0.435 e. The van der Waals surface area contributed by atoms with Gasteiger partial charge in [0, 0.05) is 45.0 Å². The second kappa shape index (κ2) is 12.0. The molecule has 186 valence electrons. The maximum Gasteiger partial charge on any atom is 0.411 e. The molecule has 1 aliphatic rings. The fourth-order valence-corrected chi connectivity index (χ4v) is 3.58. The van der Waals surface area contributed by atoms with Crippen LogP contribution in [0.15, 0.2) is 48.5 Å². The Bertz CT molecular complexity index is 917. The number of rotatable bonds is 10. The van der Waals surface area contributed by atoms with Crippen LogP contribution in [-0.2, 0) is 4.74 Å². The van der Waals surface area contributed by atoms with Crippen molar-refractivity contribution >= 4 is 17.3 Å². The number of ether oxygens (including phenoxy) is 2. The molecule has 0 atom stereocenters. The summed E-state index contributed by atoms with van der Waals surface area (Å²) >= 11 is 0. The van der Waals surface area contributed by atoms with Gasteiger partial charge in [0.1, 0.15) is 12.4 Å². The number of anilines is 2. The molecule has 3 rings (SSSR count). The number of nitrogens with zero attached hydrogens (tertiary/aromatic N) is 2. The van der Waals surface area contributed by atoms with Crippen LogP contribution < -0.4 is 10.1 Å². The highest BCUT2D eigenvalue weighted by Gasteiger charge is 2.27. The molecule has 1 saturated heterocycles. The zero-order valence-electron chi connectivity index (χ0n) is 18.4. The predicted octanol–water partition coefficient (Wildman–Crippen LogP) is 4.76. The highest BCUT2D eigenvalue weighted by molar-refractivity contribution is 6.00. The molecule has 11 heteroatoms. The van der Waals surface area contributed by atoms with Crippen LogP contribution in [-0.4, -0.2) is 74.4 Å². The zero-order valence-corrected chi connectivity index (χ0v) is 18.4. The van der Waals surface area contributed by atoms with Crippen LogP contribution in [0.5, 0.6) is 5.75 Å². The first-order valence-electron chi connectivity index (χ1n) is 10.8. The number of carbonyl (C=O) groups excluding carboxylic acids is 1. The summed E-state index contributed by atoms with van der Waals surface area (Å²) in [6, 6.07) is 13.0. The topological polar surface area (TPSA) is 54.0 Å². The molecule has 0 radical (unpaired) electrons. The molecule has 34 heavy (non-hydrogen) atoms. The molecule has 0 aliphatic carbocycles. The summed E-state index contributed by atoms with van der Waals surface area (Å²) in [6.45, 7) is -1.28. The Hall–Kier alpha value is -2.92. The van der Waals surface area contributed by atoms with E-state index in [1.165, 1.54) is 12.1 Å². The van der Waals surface area contributed by atoms with Crippen LogP contribution in [0.2, 0.25) is 0 Å². The third-order valence-corrected chi connectivity index (χ3v) is 5.20. The van der Waals surface area contributed by atoms with Crippen molar-refractivity contribution in [2.75, 3.05) is 51.3 Å². The summed E-state index contributed by atoms with van der Waals surface area (Å²) in [5.41, 5.74) is 1.67. The second-order valence-corrected chi connectivity index (χ2v) is 7.73. The van der Waals surface area contributed by atoms with E-state index in [0.29, 0.717) is 56.1 Å². The number of benzene rings is 2. The molecule has 1 heterocycles. The Morgan fingerprint density at radius 1 is 1.00 bits per heavy atom. The van der Waals surface area contributed by atoms with Gasteiger partial charge < -0.3 is 19.7 Å². The first-order valence-corrected chi connectivity index (χ1v) is 10.8. The van der Waals surface area contributed by atoms with Gasteiger partial charge in [0.25, 0.3) is 5.91 Å². The van der Waals surface area contributed by atoms with Crippen molar-refractivity contribution in [3.05, 3.63) is 54.1 Å². The van der Waals surface area contributed by atoms with Crippen LogP contribution in [0.25, 0.3) is 0 Å². The van der Waals surface area contributed by atoms with Crippen molar-refractivity contribution < 1.29 is 36.2 Å². The summed E-state index contributed by atoms with van der Waals surface area (Å²) in [5.74, 6) is -0.108. The van der Waals surface area contributed by atoms with Gasteiger partial charge in [-0.2, -0.15) is 22.0 Å². The molecular weight excluding hydrogens is 461 g/mol. The van der Waals surface area contributed by atoms with E-state index in [2.05, 4.69) is 19.7 Å². The lowest BCUT2D eigenvalue weighted by Crippen LogP contribution is -2.49.